The number of carbonyl (C=O) groups is 1. The molecule has 0 fully saturated rings. The zero-order valence-electron chi connectivity index (χ0n) is 12.2. The molecule has 0 aliphatic carbocycles. The first-order valence-corrected chi connectivity index (χ1v) is 7.83. The number of nitrogens with one attached hydrogen (secondary N) is 1. The van der Waals surface area contributed by atoms with Crippen LogP contribution in [0.1, 0.15) is 16.9 Å². The number of hydrogen-bond acceptors (Lipinski definition) is 4. The molecule has 2 heterocycles. The second kappa shape index (κ2) is 6.53. The highest BCUT2D eigenvalue weighted by Gasteiger charge is 2.07. The van der Waals surface area contributed by atoms with Crippen LogP contribution in [0.4, 0.5) is 5.13 Å². The quantitative estimate of drug-likeness (QED) is 0.787. The van der Waals surface area contributed by atoms with Gasteiger partial charge in [0.2, 0.25) is 5.91 Å². The zero-order valence-corrected chi connectivity index (χ0v) is 13.0. The number of benzene rings is 1. The first-order chi connectivity index (χ1) is 10.7. The van der Waals surface area contributed by atoms with Crippen molar-refractivity contribution in [2.75, 3.05) is 5.32 Å². The van der Waals surface area contributed by atoms with Gasteiger partial charge in [-0.1, -0.05) is 18.2 Å². The van der Waals surface area contributed by atoms with Gasteiger partial charge in [-0.25, -0.2) is 9.67 Å². The lowest BCUT2D eigenvalue weighted by Crippen LogP contribution is -2.11. The summed E-state index contributed by atoms with van der Waals surface area (Å²) in [4.78, 5) is 17.1. The van der Waals surface area contributed by atoms with Crippen LogP contribution in [0.3, 0.4) is 0 Å². The van der Waals surface area contributed by atoms with Crippen molar-refractivity contribution >= 4 is 22.4 Å². The Morgan fingerprint density at radius 2 is 2.09 bits per heavy atom. The summed E-state index contributed by atoms with van der Waals surface area (Å²) in [6.45, 7) is 1.96. The Bertz CT molecular complexity index is 763. The highest BCUT2D eigenvalue weighted by molar-refractivity contribution is 7.15. The van der Waals surface area contributed by atoms with Gasteiger partial charge in [-0.05, 0) is 31.0 Å². The van der Waals surface area contributed by atoms with Crippen molar-refractivity contribution < 1.29 is 4.79 Å². The molecule has 0 unspecified atom stereocenters. The van der Waals surface area contributed by atoms with Gasteiger partial charge in [0.15, 0.2) is 5.13 Å². The van der Waals surface area contributed by atoms with Crippen LogP contribution in [0, 0.1) is 6.92 Å². The first-order valence-electron chi connectivity index (χ1n) is 7.02. The molecule has 22 heavy (non-hydrogen) atoms. The Hall–Kier alpha value is -2.47. The van der Waals surface area contributed by atoms with Crippen molar-refractivity contribution in [2.24, 2.45) is 0 Å². The summed E-state index contributed by atoms with van der Waals surface area (Å²) in [5.74, 6) is -0.0261. The number of thiazole rings is 1. The number of hydrogen-bond donors (Lipinski definition) is 1. The summed E-state index contributed by atoms with van der Waals surface area (Å²) in [6.07, 6.45) is 6.58. The van der Waals surface area contributed by atoms with Crippen molar-refractivity contribution in [3.8, 4) is 5.69 Å². The Balaban J connectivity index is 1.56. The zero-order chi connectivity index (χ0) is 15.4. The maximum atomic E-state index is 11.9. The van der Waals surface area contributed by atoms with Crippen molar-refractivity contribution in [1.29, 1.82) is 0 Å². The van der Waals surface area contributed by atoms with E-state index in [2.05, 4.69) is 15.4 Å². The number of aromatic nitrogens is 3. The Morgan fingerprint density at radius 3 is 2.82 bits per heavy atom. The van der Waals surface area contributed by atoms with Crippen LogP contribution < -0.4 is 5.32 Å². The topological polar surface area (TPSA) is 59.8 Å². The average Bonchev–Trinajstić information content (AvgIpc) is 3.15. The molecule has 1 N–H and O–H groups in total. The van der Waals surface area contributed by atoms with E-state index < -0.39 is 0 Å². The van der Waals surface area contributed by atoms with E-state index in [0.717, 1.165) is 16.1 Å². The summed E-state index contributed by atoms with van der Waals surface area (Å²) in [5, 5.41) is 7.79. The molecule has 0 bridgehead atoms. The number of anilines is 1. The fourth-order valence-electron chi connectivity index (χ4n) is 2.06. The minimum Gasteiger partial charge on any atom is -0.302 e. The third-order valence-corrected chi connectivity index (χ3v) is 3.99. The molecule has 0 saturated heterocycles. The van der Waals surface area contributed by atoms with Crippen molar-refractivity contribution in [3.05, 3.63) is 59.4 Å². The Labute approximate surface area is 132 Å². The highest BCUT2D eigenvalue weighted by Crippen LogP contribution is 2.17. The van der Waals surface area contributed by atoms with Gasteiger partial charge in [0, 0.05) is 23.7 Å². The fourth-order valence-corrected chi connectivity index (χ4v) is 2.74. The number of para-hydroxylation sites is 1. The maximum Gasteiger partial charge on any atom is 0.226 e. The fraction of sp³-hybridized carbons (Fsp3) is 0.188. The number of aryl methyl sites for hydroxylation is 2. The molecule has 3 rings (SSSR count). The second-order valence-corrected chi connectivity index (χ2v) is 6.19. The summed E-state index contributed by atoms with van der Waals surface area (Å²) >= 11 is 1.48. The van der Waals surface area contributed by atoms with E-state index in [1.54, 1.807) is 12.4 Å². The SMILES string of the molecule is Cc1cnc(NC(=O)CCc2cnn(-c3ccccc3)c2)s1. The largest absolute Gasteiger partial charge is 0.302 e. The summed E-state index contributed by atoms with van der Waals surface area (Å²) < 4.78 is 1.82. The number of rotatable bonds is 5. The molecular formula is C16H16N4OS. The molecule has 1 aromatic carbocycles. The van der Waals surface area contributed by atoms with Crippen molar-refractivity contribution in [3.63, 3.8) is 0 Å². The highest BCUT2D eigenvalue weighted by atomic mass is 32.1. The average molecular weight is 312 g/mol. The van der Waals surface area contributed by atoms with Crippen molar-refractivity contribution in [1.82, 2.24) is 14.8 Å². The standard InChI is InChI=1S/C16H16N4OS/c1-12-9-17-16(22-12)19-15(21)8-7-13-10-18-20(11-13)14-5-3-2-4-6-14/h2-6,9-11H,7-8H2,1H3,(H,17,19,21). The van der Waals surface area contributed by atoms with Crippen LogP contribution in [0.2, 0.25) is 0 Å². The van der Waals surface area contributed by atoms with E-state index in [9.17, 15) is 4.79 Å². The smallest absolute Gasteiger partial charge is 0.226 e. The van der Waals surface area contributed by atoms with Gasteiger partial charge in [-0.15, -0.1) is 11.3 Å². The maximum absolute atomic E-state index is 11.9. The molecule has 112 valence electrons. The van der Waals surface area contributed by atoms with E-state index in [-0.39, 0.29) is 5.91 Å². The number of nitrogens with zero attached hydrogens (tertiary/aromatic N) is 3. The third-order valence-electron chi connectivity index (χ3n) is 3.17. The van der Waals surface area contributed by atoms with Gasteiger partial charge in [0.25, 0.3) is 0 Å². The lowest BCUT2D eigenvalue weighted by atomic mass is 10.2. The second-order valence-electron chi connectivity index (χ2n) is 4.95. The van der Waals surface area contributed by atoms with Crippen LogP contribution in [0.25, 0.3) is 5.69 Å². The monoisotopic (exact) mass is 312 g/mol. The molecule has 2 aromatic heterocycles. The molecule has 0 aliphatic heterocycles. The van der Waals surface area contributed by atoms with E-state index in [1.807, 2.05) is 48.1 Å². The van der Waals surface area contributed by atoms with E-state index in [1.165, 1.54) is 11.3 Å². The van der Waals surface area contributed by atoms with Gasteiger partial charge in [0.05, 0.1) is 11.9 Å². The normalized spacial score (nSPS) is 10.6. The molecule has 0 radical (unpaired) electrons. The van der Waals surface area contributed by atoms with E-state index >= 15 is 0 Å². The first kappa shape index (κ1) is 14.5. The van der Waals surface area contributed by atoms with E-state index in [0.29, 0.717) is 18.0 Å². The summed E-state index contributed by atoms with van der Waals surface area (Å²) in [6, 6.07) is 9.90. The number of amides is 1. The van der Waals surface area contributed by atoms with Gasteiger partial charge >= 0.3 is 0 Å². The molecule has 0 saturated carbocycles. The number of carbonyl (C=O) groups excluding carboxylic acids is 1. The van der Waals surface area contributed by atoms with Gasteiger partial charge in [-0.3, -0.25) is 4.79 Å². The predicted octanol–water partition coefficient (Wildman–Crippen LogP) is 3.21. The van der Waals surface area contributed by atoms with Crippen LogP contribution in [-0.2, 0) is 11.2 Å². The van der Waals surface area contributed by atoms with Crippen molar-refractivity contribution in [2.45, 2.75) is 19.8 Å². The van der Waals surface area contributed by atoms with Crippen LogP contribution in [0.15, 0.2) is 48.9 Å². The van der Waals surface area contributed by atoms with E-state index in [4.69, 9.17) is 0 Å². The molecule has 0 spiro atoms. The summed E-state index contributed by atoms with van der Waals surface area (Å²) in [7, 11) is 0. The molecule has 3 aromatic rings. The minimum atomic E-state index is -0.0261. The minimum absolute atomic E-state index is 0.0261. The predicted molar refractivity (Wildman–Crippen MR) is 87.4 cm³/mol. The Morgan fingerprint density at radius 1 is 1.27 bits per heavy atom. The van der Waals surface area contributed by atoms with Gasteiger partial charge in [0.1, 0.15) is 0 Å². The molecule has 6 heteroatoms. The lowest BCUT2D eigenvalue weighted by molar-refractivity contribution is -0.116. The summed E-state index contributed by atoms with van der Waals surface area (Å²) in [5.41, 5.74) is 2.05. The van der Waals surface area contributed by atoms with Crippen LogP contribution in [0.5, 0.6) is 0 Å². The van der Waals surface area contributed by atoms with Gasteiger partial charge in [-0.2, -0.15) is 5.10 Å². The third kappa shape index (κ3) is 3.59. The molecule has 5 nitrogen and oxygen atoms in total. The molecule has 0 atom stereocenters. The molecule has 0 aliphatic rings. The van der Waals surface area contributed by atoms with Gasteiger partial charge < -0.3 is 5.32 Å². The lowest BCUT2D eigenvalue weighted by Gasteiger charge is -2.00. The Kier molecular flexibility index (Phi) is 4.29. The van der Waals surface area contributed by atoms with Crippen LogP contribution >= 0.6 is 11.3 Å². The molecule has 1 amide bonds. The van der Waals surface area contributed by atoms with Crippen LogP contribution in [-0.4, -0.2) is 20.7 Å². The molecular weight excluding hydrogens is 296 g/mol.